The third-order valence-electron chi connectivity index (χ3n) is 2.84. The predicted octanol–water partition coefficient (Wildman–Crippen LogP) is 0.736. The highest BCUT2D eigenvalue weighted by Crippen LogP contribution is 2.59. The number of hydrogen-bond donors (Lipinski definition) is 1. The molecule has 10 heavy (non-hydrogen) atoms. The zero-order valence-electron chi connectivity index (χ0n) is 6.35. The molecule has 2 rings (SSSR count). The van der Waals surface area contributed by atoms with Gasteiger partial charge in [-0.15, -0.1) is 0 Å². The van der Waals surface area contributed by atoms with Crippen molar-refractivity contribution in [2.75, 3.05) is 0 Å². The van der Waals surface area contributed by atoms with Gasteiger partial charge in [0.1, 0.15) is 5.60 Å². The van der Waals surface area contributed by atoms with Crippen molar-refractivity contribution >= 4 is 5.78 Å². The maximum absolute atomic E-state index is 11.3. The van der Waals surface area contributed by atoms with Crippen LogP contribution in [0.2, 0.25) is 0 Å². The van der Waals surface area contributed by atoms with Gasteiger partial charge in [0, 0.05) is 5.41 Å². The van der Waals surface area contributed by atoms with E-state index in [1.54, 1.807) is 0 Å². The number of hydrogen-bond acceptors (Lipinski definition) is 2. The minimum atomic E-state index is -0.885. The lowest BCUT2D eigenvalue weighted by molar-refractivity contribution is -0.134. The van der Waals surface area contributed by atoms with Gasteiger partial charge in [0.15, 0.2) is 5.78 Å². The van der Waals surface area contributed by atoms with Crippen molar-refractivity contribution in [3.05, 3.63) is 0 Å². The van der Waals surface area contributed by atoms with E-state index in [0.717, 1.165) is 12.8 Å². The lowest BCUT2D eigenvalue weighted by Crippen LogP contribution is -2.30. The Kier molecular flexibility index (Phi) is 0.828. The van der Waals surface area contributed by atoms with Crippen molar-refractivity contribution in [2.24, 2.45) is 11.3 Å². The molecule has 2 unspecified atom stereocenters. The quantitative estimate of drug-likeness (QED) is 0.538. The average molecular weight is 140 g/mol. The van der Waals surface area contributed by atoms with Crippen LogP contribution in [-0.2, 0) is 4.79 Å². The number of Topliss-reactive ketones (excluding diaryl/α,β-unsaturated/α-hetero) is 1. The summed E-state index contributed by atoms with van der Waals surface area (Å²) in [5.74, 6) is 0.347. The third-order valence-corrected chi connectivity index (χ3v) is 2.84. The molecule has 0 aliphatic heterocycles. The SMILES string of the molecule is CC1(C)CC2CC2(O)C1=O. The molecule has 0 aromatic rings. The minimum Gasteiger partial charge on any atom is -0.382 e. The number of carbonyl (C=O) groups excluding carboxylic acids is 1. The smallest absolute Gasteiger partial charge is 0.170 e. The second-order valence-electron chi connectivity index (χ2n) is 4.24. The molecule has 56 valence electrons. The molecule has 2 nitrogen and oxygen atoms in total. The molecule has 2 aliphatic rings. The van der Waals surface area contributed by atoms with Gasteiger partial charge in [-0.1, -0.05) is 13.8 Å². The van der Waals surface area contributed by atoms with Crippen molar-refractivity contribution in [1.29, 1.82) is 0 Å². The molecule has 0 saturated heterocycles. The van der Waals surface area contributed by atoms with Gasteiger partial charge >= 0.3 is 0 Å². The van der Waals surface area contributed by atoms with E-state index >= 15 is 0 Å². The maximum atomic E-state index is 11.3. The number of rotatable bonds is 0. The fourth-order valence-corrected chi connectivity index (χ4v) is 2.13. The number of aliphatic hydroxyl groups is 1. The van der Waals surface area contributed by atoms with E-state index in [1.165, 1.54) is 0 Å². The summed E-state index contributed by atoms with van der Waals surface area (Å²) < 4.78 is 0. The van der Waals surface area contributed by atoms with Crippen LogP contribution in [0.25, 0.3) is 0 Å². The Hall–Kier alpha value is -0.370. The zero-order chi connectivity index (χ0) is 7.57. The summed E-state index contributed by atoms with van der Waals surface area (Å²) in [6.45, 7) is 3.83. The maximum Gasteiger partial charge on any atom is 0.170 e. The molecular formula is C8H12O2. The van der Waals surface area contributed by atoms with E-state index in [4.69, 9.17) is 0 Å². The Labute approximate surface area is 60.2 Å². The molecule has 0 amide bonds. The first kappa shape index (κ1) is 6.35. The molecule has 2 atom stereocenters. The summed E-state index contributed by atoms with van der Waals surface area (Å²) in [7, 11) is 0. The van der Waals surface area contributed by atoms with Crippen LogP contribution < -0.4 is 0 Å². The van der Waals surface area contributed by atoms with Gasteiger partial charge < -0.3 is 5.11 Å². The van der Waals surface area contributed by atoms with E-state index in [0.29, 0.717) is 0 Å². The van der Waals surface area contributed by atoms with Crippen LogP contribution in [0.15, 0.2) is 0 Å². The first-order valence-corrected chi connectivity index (χ1v) is 3.74. The van der Waals surface area contributed by atoms with Gasteiger partial charge in [-0.05, 0) is 18.8 Å². The molecule has 0 aromatic heterocycles. The Morgan fingerprint density at radius 2 is 2.10 bits per heavy atom. The second kappa shape index (κ2) is 1.30. The van der Waals surface area contributed by atoms with Gasteiger partial charge in [0.05, 0.1) is 0 Å². The van der Waals surface area contributed by atoms with Gasteiger partial charge in [-0.25, -0.2) is 0 Å². The van der Waals surface area contributed by atoms with Gasteiger partial charge in [-0.2, -0.15) is 0 Å². The monoisotopic (exact) mass is 140 g/mol. The fraction of sp³-hybridized carbons (Fsp3) is 0.875. The lowest BCUT2D eigenvalue weighted by Gasteiger charge is -2.17. The van der Waals surface area contributed by atoms with Crippen molar-refractivity contribution < 1.29 is 9.90 Å². The van der Waals surface area contributed by atoms with Crippen LogP contribution in [0.3, 0.4) is 0 Å². The van der Waals surface area contributed by atoms with E-state index in [-0.39, 0.29) is 17.1 Å². The third kappa shape index (κ3) is 0.511. The van der Waals surface area contributed by atoms with Gasteiger partial charge in [0.25, 0.3) is 0 Å². The average Bonchev–Trinajstić information content (AvgIpc) is 2.36. The van der Waals surface area contributed by atoms with Crippen LogP contribution in [0.1, 0.15) is 26.7 Å². The van der Waals surface area contributed by atoms with E-state index < -0.39 is 5.60 Å². The Morgan fingerprint density at radius 3 is 2.30 bits per heavy atom. The molecule has 1 N–H and O–H groups in total. The van der Waals surface area contributed by atoms with Crippen LogP contribution in [0, 0.1) is 11.3 Å². The summed E-state index contributed by atoms with van der Waals surface area (Å²) in [5.41, 5.74) is -1.14. The Balaban J connectivity index is 2.33. The zero-order valence-corrected chi connectivity index (χ0v) is 6.35. The van der Waals surface area contributed by atoms with E-state index in [1.807, 2.05) is 13.8 Å². The van der Waals surface area contributed by atoms with Gasteiger partial charge in [-0.3, -0.25) is 4.79 Å². The van der Waals surface area contributed by atoms with Crippen molar-refractivity contribution in [3.8, 4) is 0 Å². The fourth-order valence-electron chi connectivity index (χ4n) is 2.13. The number of fused-ring (bicyclic) bond motifs is 1. The summed E-state index contributed by atoms with van der Waals surface area (Å²) in [6, 6.07) is 0. The van der Waals surface area contributed by atoms with E-state index in [2.05, 4.69) is 0 Å². The lowest BCUT2D eigenvalue weighted by atomic mass is 9.86. The largest absolute Gasteiger partial charge is 0.382 e. The molecule has 0 bridgehead atoms. The van der Waals surface area contributed by atoms with Crippen LogP contribution in [0.4, 0.5) is 0 Å². The number of carbonyl (C=O) groups is 1. The molecule has 2 heteroatoms. The Bertz CT molecular complexity index is 201. The van der Waals surface area contributed by atoms with Crippen molar-refractivity contribution in [2.45, 2.75) is 32.3 Å². The van der Waals surface area contributed by atoms with E-state index in [9.17, 15) is 9.90 Å². The van der Waals surface area contributed by atoms with Crippen molar-refractivity contribution in [1.82, 2.24) is 0 Å². The van der Waals surface area contributed by atoms with Crippen LogP contribution >= 0.6 is 0 Å². The molecule has 0 aromatic carbocycles. The minimum absolute atomic E-state index is 0.0602. The number of ketones is 1. The molecular weight excluding hydrogens is 128 g/mol. The highest BCUT2D eigenvalue weighted by molar-refractivity contribution is 5.97. The van der Waals surface area contributed by atoms with Gasteiger partial charge in [0.2, 0.25) is 0 Å². The molecule has 0 radical (unpaired) electrons. The highest BCUT2D eigenvalue weighted by atomic mass is 16.3. The summed E-state index contributed by atoms with van der Waals surface area (Å²) >= 11 is 0. The Morgan fingerprint density at radius 1 is 1.50 bits per heavy atom. The summed E-state index contributed by atoms with van der Waals surface area (Å²) in [6.07, 6.45) is 1.59. The predicted molar refractivity (Wildman–Crippen MR) is 36.5 cm³/mol. The molecule has 0 spiro atoms. The molecule has 2 saturated carbocycles. The van der Waals surface area contributed by atoms with Crippen molar-refractivity contribution in [3.63, 3.8) is 0 Å². The first-order valence-electron chi connectivity index (χ1n) is 3.74. The normalized spacial score (nSPS) is 49.1. The molecule has 2 fully saturated rings. The topological polar surface area (TPSA) is 37.3 Å². The summed E-state index contributed by atoms with van der Waals surface area (Å²) in [4.78, 5) is 11.3. The van der Waals surface area contributed by atoms with Crippen LogP contribution in [-0.4, -0.2) is 16.5 Å². The molecule has 0 heterocycles. The second-order valence-corrected chi connectivity index (χ2v) is 4.24. The molecule has 2 aliphatic carbocycles. The summed E-state index contributed by atoms with van der Waals surface area (Å²) in [5, 5.41) is 9.52. The first-order chi connectivity index (χ1) is 4.47. The van der Waals surface area contributed by atoms with Crippen LogP contribution in [0.5, 0.6) is 0 Å². The highest BCUT2D eigenvalue weighted by Gasteiger charge is 2.68. The standard InChI is InChI=1S/C8H12O2/c1-7(2)3-5-4-8(5,10)6(7)9/h5,10H,3-4H2,1-2H3.